The first-order valence-electron chi connectivity index (χ1n) is 13.9. The van der Waals surface area contributed by atoms with Crippen LogP contribution in [0.1, 0.15) is 76.1 Å². The molecule has 0 spiro atoms. The molecule has 43 heavy (non-hydrogen) atoms. The monoisotopic (exact) mass is 600 g/mol. The van der Waals surface area contributed by atoms with Gasteiger partial charge in [0.05, 0.1) is 22.4 Å². The molecule has 2 saturated heterocycles. The van der Waals surface area contributed by atoms with Crippen LogP contribution in [-0.4, -0.2) is 72.1 Å². The summed E-state index contributed by atoms with van der Waals surface area (Å²) in [6, 6.07) is 5.77. The molecule has 2 amide bonds. The van der Waals surface area contributed by atoms with E-state index in [1.165, 1.54) is 24.3 Å². The van der Waals surface area contributed by atoms with Crippen molar-refractivity contribution in [2.24, 2.45) is 0 Å². The molecule has 2 fully saturated rings. The molecule has 0 aromatic heterocycles. The Balaban J connectivity index is 1.38. The predicted molar refractivity (Wildman–Crippen MR) is 155 cm³/mol. The third-order valence-electron chi connectivity index (χ3n) is 8.61. The number of aliphatic carboxylic acids is 1. The Kier molecular flexibility index (Phi) is 8.57. The summed E-state index contributed by atoms with van der Waals surface area (Å²) in [5.41, 5.74) is -2.77. The van der Waals surface area contributed by atoms with E-state index in [0.717, 1.165) is 12.1 Å². The molecule has 2 heterocycles. The van der Waals surface area contributed by atoms with E-state index in [1.54, 1.807) is 0 Å². The molecule has 230 valence electrons. The third kappa shape index (κ3) is 6.47. The van der Waals surface area contributed by atoms with Gasteiger partial charge in [-0.15, -0.1) is 0 Å². The van der Waals surface area contributed by atoms with Gasteiger partial charge >= 0.3 is 20.2 Å². The van der Waals surface area contributed by atoms with Crippen LogP contribution in [-0.2, 0) is 23.4 Å². The van der Waals surface area contributed by atoms with Gasteiger partial charge < -0.3 is 34.4 Å². The Hall–Kier alpha value is -3.32. The lowest BCUT2D eigenvalue weighted by Crippen LogP contribution is -2.48. The number of rotatable bonds is 8. The molecule has 14 heteroatoms. The van der Waals surface area contributed by atoms with Crippen molar-refractivity contribution < 1.29 is 46.9 Å². The lowest BCUT2D eigenvalue weighted by molar-refractivity contribution is -0.139. The molecule has 0 radical (unpaired) electrons. The average Bonchev–Trinajstić information content (AvgIpc) is 3.24. The Morgan fingerprint density at radius 1 is 0.721 bits per heavy atom. The first-order chi connectivity index (χ1) is 19.7. The number of hydrogen-bond acceptors (Lipinski definition) is 7. The predicted octanol–water partition coefficient (Wildman–Crippen LogP) is 2.18. The van der Waals surface area contributed by atoms with Gasteiger partial charge in [-0.1, -0.05) is 12.1 Å². The molecule has 1 atom stereocenters. The van der Waals surface area contributed by atoms with Crippen molar-refractivity contribution in [2.75, 3.05) is 6.54 Å². The quantitative estimate of drug-likeness (QED) is 0.393. The van der Waals surface area contributed by atoms with Gasteiger partial charge in [-0.05, 0) is 79.7 Å². The Morgan fingerprint density at radius 3 is 1.44 bits per heavy atom. The maximum absolute atomic E-state index is 15.0. The van der Waals surface area contributed by atoms with E-state index in [0.29, 0.717) is 0 Å². The summed E-state index contributed by atoms with van der Waals surface area (Å²) in [6.07, 6.45) is 0. The molecule has 2 aromatic carbocycles. The highest BCUT2D eigenvalue weighted by molar-refractivity contribution is 6.62. The second-order valence-electron chi connectivity index (χ2n) is 12.7. The number of halogens is 2. The molecule has 0 unspecified atom stereocenters. The highest BCUT2D eigenvalue weighted by Crippen LogP contribution is 2.37. The maximum atomic E-state index is 15.0. The Bertz CT molecular complexity index is 1420. The van der Waals surface area contributed by atoms with Crippen LogP contribution in [0.25, 0.3) is 0 Å². The standard InChI is InChI=1S/C29H36B2F2N2O8/c1-26(2)27(3,4)41-30(40-26)18-11-9-16(13-20(18)32)23(36)34-15-22(25(38)39)35-24(37)17-10-12-19(21(33)14-17)31-42-28(5,6)29(7,8)43-31/h9-14,22H,15H2,1-8H3,(H,34,36)(H,35,37)(H,38,39)/t22-/m0/s1. The van der Waals surface area contributed by atoms with Crippen LogP contribution in [0.5, 0.6) is 0 Å². The average molecular weight is 600 g/mol. The second kappa shape index (κ2) is 11.3. The van der Waals surface area contributed by atoms with Crippen LogP contribution in [0, 0.1) is 11.6 Å². The van der Waals surface area contributed by atoms with E-state index in [4.69, 9.17) is 18.6 Å². The van der Waals surface area contributed by atoms with Crippen molar-refractivity contribution in [2.45, 2.75) is 83.8 Å². The molecule has 2 aliphatic heterocycles. The first kappa shape index (κ1) is 32.6. The molecular weight excluding hydrogens is 564 g/mol. The van der Waals surface area contributed by atoms with E-state index >= 15 is 0 Å². The van der Waals surface area contributed by atoms with Crippen LogP contribution >= 0.6 is 0 Å². The molecule has 0 saturated carbocycles. The largest absolute Gasteiger partial charge is 0.497 e. The van der Waals surface area contributed by atoms with Gasteiger partial charge in [0, 0.05) is 28.6 Å². The zero-order chi connectivity index (χ0) is 32.1. The van der Waals surface area contributed by atoms with Crippen LogP contribution < -0.4 is 21.6 Å². The number of nitrogens with one attached hydrogen (secondary N) is 2. The minimum Gasteiger partial charge on any atom is -0.480 e. The number of benzene rings is 2. The third-order valence-corrected chi connectivity index (χ3v) is 8.61. The number of amides is 2. The number of hydrogen-bond donors (Lipinski definition) is 3. The summed E-state index contributed by atoms with van der Waals surface area (Å²) in [5.74, 6) is -4.58. The maximum Gasteiger partial charge on any atom is 0.497 e. The molecular formula is C29H36B2F2N2O8. The van der Waals surface area contributed by atoms with Crippen molar-refractivity contribution in [1.82, 2.24) is 10.6 Å². The van der Waals surface area contributed by atoms with Crippen molar-refractivity contribution in [3.8, 4) is 0 Å². The van der Waals surface area contributed by atoms with E-state index in [-0.39, 0.29) is 22.1 Å². The summed E-state index contributed by atoms with van der Waals surface area (Å²) in [5, 5.41) is 14.3. The molecule has 4 rings (SSSR count). The zero-order valence-corrected chi connectivity index (χ0v) is 25.5. The summed E-state index contributed by atoms with van der Waals surface area (Å²) in [4.78, 5) is 37.3. The van der Waals surface area contributed by atoms with Gasteiger partial charge in [-0.2, -0.15) is 0 Å². The fourth-order valence-electron chi connectivity index (χ4n) is 4.40. The number of carboxylic acid groups (broad SMARTS) is 1. The lowest BCUT2D eigenvalue weighted by Gasteiger charge is -2.32. The zero-order valence-electron chi connectivity index (χ0n) is 25.5. The molecule has 3 N–H and O–H groups in total. The van der Waals surface area contributed by atoms with Gasteiger partial charge in [0.25, 0.3) is 11.8 Å². The van der Waals surface area contributed by atoms with Gasteiger partial charge in [-0.25, -0.2) is 13.6 Å². The SMILES string of the molecule is CC1(C)OB(c2ccc(C(=O)NC[C@H](NC(=O)c3ccc(B4OC(C)(C)C(C)(C)O4)c(F)c3)C(=O)O)cc2F)OC1(C)C. The topological polar surface area (TPSA) is 132 Å². The van der Waals surface area contributed by atoms with Crippen LogP contribution in [0.2, 0.25) is 0 Å². The van der Waals surface area contributed by atoms with Gasteiger partial charge in [0.2, 0.25) is 0 Å². The fraction of sp³-hybridized carbons (Fsp3) is 0.483. The Morgan fingerprint density at radius 2 is 1.09 bits per heavy atom. The lowest BCUT2D eigenvalue weighted by atomic mass is 9.78. The van der Waals surface area contributed by atoms with E-state index in [9.17, 15) is 28.3 Å². The van der Waals surface area contributed by atoms with Crippen molar-refractivity contribution in [3.63, 3.8) is 0 Å². The minimum absolute atomic E-state index is 0.0754. The smallest absolute Gasteiger partial charge is 0.480 e. The van der Waals surface area contributed by atoms with Crippen LogP contribution in [0.15, 0.2) is 36.4 Å². The van der Waals surface area contributed by atoms with Gasteiger partial charge in [0.15, 0.2) is 0 Å². The second-order valence-corrected chi connectivity index (χ2v) is 12.7. The molecule has 2 aromatic rings. The van der Waals surface area contributed by atoms with E-state index in [2.05, 4.69) is 10.6 Å². The van der Waals surface area contributed by atoms with E-state index in [1.807, 2.05) is 55.4 Å². The highest BCUT2D eigenvalue weighted by atomic mass is 19.1. The Labute approximate surface area is 250 Å². The fourth-order valence-corrected chi connectivity index (χ4v) is 4.40. The summed E-state index contributed by atoms with van der Waals surface area (Å²) in [7, 11) is -1.95. The van der Waals surface area contributed by atoms with Crippen molar-refractivity contribution in [3.05, 3.63) is 59.2 Å². The first-order valence-corrected chi connectivity index (χ1v) is 13.9. The minimum atomic E-state index is -1.56. The van der Waals surface area contributed by atoms with Crippen LogP contribution in [0.3, 0.4) is 0 Å². The summed E-state index contributed by atoms with van der Waals surface area (Å²) >= 11 is 0. The highest BCUT2D eigenvalue weighted by Gasteiger charge is 2.53. The number of carbonyl (C=O) groups is 3. The molecule has 10 nitrogen and oxygen atoms in total. The number of carbonyl (C=O) groups excluding carboxylic acids is 2. The van der Waals surface area contributed by atoms with Crippen LogP contribution in [0.4, 0.5) is 8.78 Å². The van der Waals surface area contributed by atoms with E-state index < -0.39 is 78.6 Å². The van der Waals surface area contributed by atoms with Crippen molar-refractivity contribution >= 4 is 42.9 Å². The molecule has 0 aliphatic carbocycles. The summed E-state index contributed by atoms with van der Waals surface area (Å²) < 4.78 is 53.4. The molecule has 2 aliphatic rings. The van der Waals surface area contributed by atoms with Gasteiger partial charge in [0.1, 0.15) is 17.7 Å². The van der Waals surface area contributed by atoms with Crippen molar-refractivity contribution in [1.29, 1.82) is 0 Å². The summed E-state index contributed by atoms with van der Waals surface area (Å²) in [6.45, 7) is 14.1. The number of carboxylic acids is 1. The normalized spacial score (nSPS) is 20.5. The van der Waals surface area contributed by atoms with Gasteiger partial charge in [-0.3, -0.25) is 9.59 Å². The molecule has 0 bridgehead atoms.